The number of nitrogens with one attached hydrogen (secondary N) is 1. The van der Waals surface area contributed by atoms with Gasteiger partial charge in [0.1, 0.15) is 11.4 Å². The molecular formula is C10H15N3O. The Hall–Kier alpha value is -1.13. The van der Waals surface area contributed by atoms with Gasteiger partial charge in [-0.25, -0.2) is 0 Å². The summed E-state index contributed by atoms with van der Waals surface area (Å²) in [5.74, 6) is 6.95. The maximum Gasteiger partial charge on any atom is 0.142 e. The van der Waals surface area contributed by atoms with Gasteiger partial charge in [-0.15, -0.1) is 0 Å². The molecule has 1 heterocycles. The van der Waals surface area contributed by atoms with Crippen LogP contribution < -0.4 is 16.0 Å². The fraction of sp³-hybridized carbons (Fsp3) is 0.500. The van der Waals surface area contributed by atoms with Crippen molar-refractivity contribution in [3.05, 3.63) is 24.0 Å². The number of pyridine rings is 1. The molecule has 0 aliphatic heterocycles. The van der Waals surface area contributed by atoms with Gasteiger partial charge in [0.2, 0.25) is 0 Å². The highest BCUT2D eigenvalue weighted by atomic mass is 16.5. The molecule has 1 aliphatic rings. The van der Waals surface area contributed by atoms with E-state index in [0.29, 0.717) is 5.92 Å². The van der Waals surface area contributed by atoms with Crippen LogP contribution in [0, 0.1) is 5.92 Å². The molecule has 0 amide bonds. The Morgan fingerprint density at radius 2 is 2.43 bits per heavy atom. The number of aromatic nitrogens is 1. The second kappa shape index (κ2) is 3.94. The molecule has 0 spiro atoms. The zero-order valence-corrected chi connectivity index (χ0v) is 8.23. The van der Waals surface area contributed by atoms with E-state index in [1.807, 2.05) is 12.1 Å². The van der Waals surface area contributed by atoms with E-state index in [2.05, 4.69) is 10.4 Å². The highest BCUT2D eigenvalue weighted by Crippen LogP contribution is 2.42. The molecule has 1 aromatic heterocycles. The van der Waals surface area contributed by atoms with E-state index in [0.717, 1.165) is 11.4 Å². The molecule has 0 aromatic carbocycles. The molecule has 76 valence electrons. The Labute approximate surface area is 83.4 Å². The third kappa shape index (κ3) is 1.71. The summed E-state index contributed by atoms with van der Waals surface area (Å²) in [4.78, 5) is 4.31. The minimum atomic E-state index is 0.131. The first-order valence-electron chi connectivity index (χ1n) is 4.82. The van der Waals surface area contributed by atoms with Crippen molar-refractivity contribution >= 4 is 0 Å². The van der Waals surface area contributed by atoms with E-state index in [9.17, 15) is 0 Å². The number of rotatable bonds is 4. The van der Waals surface area contributed by atoms with Gasteiger partial charge in [0, 0.05) is 6.20 Å². The van der Waals surface area contributed by atoms with Crippen LogP contribution in [0.15, 0.2) is 18.3 Å². The summed E-state index contributed by atoms with van der Waals surface area (Å²) in [6.07, 6.45) is 4.20. The number of methoxy groups -OCH3 is 1. The summed E-state index contributed by atoms with van der Waals surface area (Å²) >= 11 is 0. The Kier molecular flexibility index (Phi) is 2.65. The lowest BCUT2D eigenvalue weighted by Gasteiger charge is -2.16. The molecule has 2 rings (SSSR count). The number of ether oxygens (including phenoxy) is 1. The molecule has 0 radical (unpaired) electrons. The quantitative estimate of drug-likeness (QED) is 0.553. The topological polar surface area (TPSA) is 60.2 Å². The Bertz CT molecular complexity index is 312. The molecule has 1 aliphatic carbocycles. The van der Waals surface area contributed by atoms with Gasteiger partial charge in [-0.05, 0) is 30.9 Å². The zero-order chi connectivity index (χ0) is 9.97. The predicted molar refractivity (Wildman–Crippen MR) is 53.6 cm³/mol. The van der Waals surface area contributed by atoms with Crippen molar-refractivity contribution in [1.29, 1.82) is 0 Å². The minimum Gasteiger partial charge on any atom is -0.495 e. The molecule has 4 nitrogen and oxygen atoms in total. The predicted octanol–water partition coefficient (Wildman–Crippen LogP) is 1.00. The fourth-order valence-corrected chi connectivity index (χ4v) is 1.68. The van der Waals surface area contributed by atoms with E-state index >= 15 is 0 Å². The van der Waals surface area contributed by atoms with Crippen LogP contribution in [0.25, 0.3) is 0 Å². The Morgan fingerprint density at radius 3 is 3.00 bits per heavy atom. The van der Waals surface area contributed by atoms with E-state index < -0.39 is 0 Å². The van der Waals surface area contributed by atoms with Crippen LogP contribution in [0.2, 0.25) is 0 Å². The van der Waals surface area contributed by atoms with Gasteiger partial charge >= 0.3 is 0 Å². The van der Waals surface area contributed by atoms with Crippen LogP contribution in [0.1, 0.15) is 24.6 Å². The summed E-state index contributed by atoms with van der Waals surface area (Å²) in [6, 6.07) is 3.91. The van der Waals surface area contributed by atoms with Gasteiger partial charge < -0.3 is 4.74 Å². The average molecular weight is 193 g/mol. The SMILES string of the molecule is COc1cccnc1C(NN)C1CC1. The lowest BCUT2D eigenvalue weighted by Crippen LogP contribution is -2.30. The summed E-state index contributed by atoms with van der Waals surface area (Å²) < 4.78 is 5.25. The van der Waals surface area contributed by atoms with Crippen LogP contribution in [0.4, 0.5) is 0 Å². The Morgan fingerprint density at radius 1 is 1.64 bits per heavy atom. The van der Waals surface area contributed by atoms with Gasteiger partial charge in [0.15, 0.2) is 0 Å². The molecule has 0 saturated heterocycles. The van der Waals surface area contributed by atoms with Crippen LogP contribution >= 0.6 is 0 Å². The van der Waals surface area contributed by atoms with Crippen LogP contribution in [-0.4, -0.2) is 12.1 Å². The van der Waals surface area contributed by atoms with Crippen molar-refractivity contribution < 1.29 is 4.74 Å². The van der Waals surface area contributed by atoms with Crippen LogP contribution in [0.3, 0.4) is 0 Å². The van der Waals surface area contributed by atoms with Crippen LogP contribution in [-0.2, 0) is 0 Å². The standard InChI is InChI=1S/C10H15N3O/c1-14-8-3-2-6-12-10(8)9(13-11)7-4-5-7/h2-3,6-7,9,13H,4-5,11H2,1H3. The molecule has 1 aromatic rings. The summed E-state index contributed by atoms with van der Waals surface area (Å²) in [5, 5.41) is 0. The monoisotopic (exact) mass is 193 g/mol. The van der Waals surface area contributed by atoms with Crippen molar-refractivity contribution in [2.45, 2.75) is 18.9 Å². The molecule has 3 N–H and O–H groups in total. The van der Waals surface area contributed by atoms with Crippen molar-refractivity contribution in [1.82, 2.24) is 10.4 Å². The molecule has 4 heteroatoms. The van der Waals surface area contributed by atoms with Crippen molar-refractivity contribution in [3.63, 3.8) is 0 Å². The Balaban J connectivity index is 2.27. The molecule has 1 fully saturated rings. The second-order valence-electron chi connectivity index (χ2n) is 3.57. The van der Waals surface area contributed by atoms with Gasteiger partial charge in [0.25, 0.3) is 0 Å². The zero-order valence-electron chi connectivity index (χ0n) is 8.23. The molecular weight excluding hydrogens is 178 g/mol. The van der Waals surface area contributed by atoms with Crippen molar-refractivity contribution in [3.8, 4) is 5.75 Å². The first kappa shape index (κ1) is 9.43. The summed E-state index contributed by atoms with van der Waals surface area (Å²) in [5.41, 5.74) is 3.73. The normalized spacial score (nSPS) is 17.9. The summed E-state index contributed by atoms with van der Waals surface area (Å²) in [6.45, 7) is 0. The smallest absolute Gasteiger partial charge is 0.142 e. The van der Waals surface area contributed by atoms with Gasteiger partial charge in [-0.2, -0.15) is 0 Å². The number of hydrogen-bond acceptors (Lipinski definition) is 4. The maximum absolute atomic E-state index is 5.52. The third-order valence-electron chi connectivity index (χ3n) is 2.59. The van der Waals surface area contributed by atoms with Crippen LogP contribution in [0.5, 0.6) is 5.75 Å². The largest absolute Gasteiger partial charge is 0.495 e. The number of nitrogens with zero attached hydrogens (tertiary/aromatic N) is 1. The average Bonchev–Trinajstić information content (AvgIpc) is 3.04. The molecule has 14 heavy (non-hydrogen) atoms. The highest BCUT2D eigenvalue weighted by Gasteiger charge is 2.34. The number of hydrogen-bond donors (Lipinski definition) is 2. The molecule has 1 unspecified atom stereocenters. The van der Waals surface area contributed by atoms with E-state index in [4.69, 9.17) is 10.6 Å². The van der Waals surface area contributed by atoms with E-state index in [1.165, 1.54) is 12.8 Å². The minimum absolute atomic E-state index is 0.131. The number of hydrazine groups is 1. The number of nitrogens with two attached hydrogens (primary N) is 1. The lowest BCUT2D eigenvalue weighted by atomic mass is 10.1. The van der Waals surface area contributed by atoms with Gasteiger partial charge in [-0.1, -0.05) is 0 Å². The van der Waals surface area contributed by atoms with Gasteiger partial charge in [0.05, 0.1) is 13.2 Å². The molecule has 1 atom stereocenters. The van der Waals surface area contributed by atoms with E-state index in [1.54, 1.807) is 13.3 Å². The second-order valence-corrected chi connectivity index (χ2v) is 3.57. The maximum atomic E-state index is 5.52. The fourth-order valence-electron chi connectivity index (χ4n) is 1.68. The highest BCUT2D eigenvalue weighted by molar-refractivity contribution is 5.30. The lowest BCUT2D eigenvalue weighted by molar-refractivity contribution is 0.386. The molecule has 1 saturated carbocycles. The van der Waals surface area contributed by atoms with Crippen molar-refractivity contribution in [2.24, 2.45) is 11.8 Å². The first-order valence-corrected chi connectivity index (χ1v) is 4.82. The first-order chi connectivity index (χ1) is 6.86. The van der Waals surface area contributed by atoms with Gasteiger partial charge in [-0.3, -0.25) is 16.3 Å². The van der Waals surface area contributed by atoms with Crippen molar-refractivity contribution in [2.75, 3.05) is 7.11 Å². The molecule has 0 bridgehead atoms. The van der Waals surface area contributed by atoms with E-state index in [-0.39, 0.29) is 6.04 Å². The third-order valence-corrected chi connectivity index (χ3v) is 2.59. The summed E-state index contributed by atoms with van der Waals surface area (Å²) in [7, 11) is 1.65.